The summed E-state index contributed by atoms with van der Waals surface area (Å²) >= 11 is 0. The van der Waals surface area contributed by atoms with Crippen molar-refractivity contribution in [2.24, 2.45) is 0 Å². The Hall–Kier alpha value is -3.76. The number of piperidine rings is 1. The van der Waals surface area contributed by atoms with Crippen LogP contribution in [0.5, 0.6) is 5.75 Å². The predicted molar refractivity (Wildman–Crippen MR) is 116 cm³/mol. The van der Waals surface area contributed by atoms with Crippen molar-refractivity contribution in [2.45, 2.75) is 38.0 Å². The van der Waals surface area contributed by atoms with E-state index in [2.05, 4.69) is 10.9 Å². The minimum atomic E-state index is -4.48. The number of hydrazine groups is 1. The molecule has 3 N–H and O–H groups in total. The largest absolute Gasteiger partial charge is 0.490 e. The van der Waals surface area contributed by atoms with Crippen molar-refractivity contribution in [2.75, 3.05) is 18.0 Å². The molecule has 0 unspecified atom stereocenters. The zero-order valence-corrected chi connectivity index (χ0v) is 18.1. The van der Waals surface area contributed by atoms with Gasteiger partial charge in [0.2, 0.25) is 5.91 Å². The zero-order valence-electron chi connectivity index (χ0n) is 18.1. The van der Waals surface area contributed by atoms with E-state index in [1.54, 1.807) is 24.3 Å². The van der Waals surface area contributed by atoms with Gasteiger partial charge in [-0.3, -0.25) is 25.2 Å². The fourth-order valence-corrected chi connectivity index (χ4v) is 3.52. The molecule has 11 heteroatoms. The van der Waals surface area contributed by atoms with Gasteiger partial charge in [0.25, 0.3) is 5.91 Å². The molecule has 0 aromatic heterocycles. The van der Waals surface area contributed by atoms with E-state index in [9.17, 15) is 27.6 Å². The molecule has 182 valence electrons. The highest BCUT2D eigenvalue weighted by Gasteiger charge is 2.35. The van der Waals surface area contributed by atoms with Gasteiger partial charge >= 0.3 is 12.1 Å². The van der Waals surface area contributed by atoms with Crippen molar-refractivity contribution in [3.05, 3.63) is 59.7 Å². The summed E-state index contributed by atoms with van der Waals surface area (Å²) in [6.07, 6.45) is -4.34. The molecule has 0 aliphatic carbocycles. The summed E-state index contributed by atoms with van der Waals surface area (Å²) < 4.78 is 45.2. The molecule has 34 heavy (non-hydrogen) atoms. The monoisotopic (exact) mass is 479 g/mol. The Labute approximate surface area is 193 Å². The number of aliphatic carboxylic acids is 1. The van der Waals surface area contributed by atoms with Crippen LogP contribution in [0.1, 0.15) is 41.6 Å². The van der Waals surface area contributed by atoms with Gasteiger partial charge in [0, 0.05) is 43.6 Å². The number of alkyl halides is 3. The molecule has 0 bridgehead atoms. The van der Waals surface area contributed by atoms with Crippen molar-refractivity contribution in [3.8, 4) is 5.75 Å². The number of hydrogen-bond donors (Lipinski definition) is 3. The Kier molecular flexibility index (Phi) is 7.98. The van der Waals surface area contributed by atoms with Crippen LogP contribution in [0.2, 0.25) is 0 Å². The number of amides is 2. The average Bonchev–Trinajstić information content (AvgIpc) is 2.81. The van der Waals surface area contributed by atoms with Crippen molar-refractivity contribution in [1.29, 1.82) is 0 Å². The first-order valence-corrected chi connectivity index (χ1v) is 10.6. The molecule has 1 aliphatic heterocycles. The Morgan fingerprint density at radius 1 is 0.971 bits per heavy atom. The van der Waals surface area contributed by atoms with E-state index in [1.807, 2.05) is 4.90 Å². The number of carboxylic acid groups (broad SMARTS) is 1. The van der Waals surface area contributed by atoms with E-state index in [0.29, 0.717) is 31.5 Å². The van der Waals surface area contributed by atoms with Gasteiger partial charge in [0.05, 0.1) is 12.0 Å². The highest BCUT2D eigenvalue weighted by molar-refractivity contribution is 5.95. The molecule has 2 amide bonds. The normalized spacial score (nSPS) is 14.4. The van der Waals surface area contributed by atoms with E-state index in [-0.39, 0.29) is 24.7 Å². The maximum atomic E-state index is 13.2. The second kappa shape index (κ2) is 10.9. The van der Waals surface area contributed by atoms with Crippen LogP contribution >= 0.6 is 0 Å². The summed E-state index contributed by atoms with van der Waals surface area (Å²) in [6.45, 7) is 1.15. The summed E-state index contributed by atoms with van der Waals surface area (Å²) in [6, 6.07) is 11.8. The number of halogens is 3. The molecule has 0 saturated carbocycles. The lowest BCUT2D eigenvalue weighted by Crippen LogP contribution is -2.41. The second-order valence-electron chi connectivity index (χ2n) is 7.74. The van der Waals surface area contributed by atoms with E-state index in [0.717, 1.165) is 11.8 Å². The van der Waals surface area contributed by atoms with Crippen molar-refractivity contribution >= 4 is 23.5 Å². The van der Waals surface area contributed by atoms with E-state index in [4.69, 9.17) is 9.84 Å². The third kappa shape index (κ3) is 6.87. The summed E-state index contributed by atoms with van der Waals surface area (Å²) in [5, 5.41) is 8.55. The van der Waals surface area contributed by atoms with E-state index in [1.165, 1.54) is 18.2 Å². The SMILES string of the molecule is O=C(O)CCC(=O)NNC(=O)c1ccc(N2CCC(Oc3ccccc3C(F)(F)F)CC2)cc1. The molecule has 0 radical (unpaired) electrons. The van der Waals surface area contributed by atoms with Gasteiger partial charge in [0.15, 0.2) is 0 Å². The first-order chi connectivity index (χ1) is 16.1. The van der Waals surface area contributed by atoms with Gasteiger partial charge in [-0.05, 0) is 36.4 Å². The molecule has 3 rings (SSSR count). The van der Waals surface area contributed by atoms with E-state index >= 15 is 0 Å². The smallest absolute Gasteiger partial charge is 0.419 e. The maximum absolute atomic E-state index is 13.2. The Morgan fingerprint density at radius 2 is 1.62 bits per heavy atom. The number of nitrogens with one attached hydrogen (secondary N) is 2. The lowest BCUT2D eigenvalue weighted by atomic mass is 10.1. The molecule has 1 fully saturated rings. The van der Waals surface area contributed by atoms with E-state index < -0.39 is 29.5 Å². The minimum Gasteiger partial charge on any atom is -0.490 e. The second-order valence-corrected chi connectivity index (χ2v) is 7.74. The summed E-state index contributed by atoms with van der Waals surface area (Å²) in [7, 11) is 0. The number of anilines is 1. The predicted octanol–water partition coefficient (Wildman–Crippen LogP) is 3.38. The molecule has 0 spiro atoms. The first kappa shape index (κ1) is 24.9. The maximum Gasteiger partial charge on any atom is 0.419 e. The van der Waals surface area contributed by atoms with Crippen molar-refractivity contribution < 1.29 is 37.4 Å². The van der Waals surface area contributed by atoms with Gasteiger partial charge in [-0.25, -0.2) is 0 Å². The Bertz CT molecular complexity index is 1020. The minimum absolute atomic E-state index is 0.168. The number of benzene rings is 2. The van der Waals surface area contributed by atoms with Crippen LogP contribution in [0, 0.1) is 0 Å². The van der Waals surface area contributed by atoms with Crippen LogP contribution in [0.25, 0.3) is 0 Å². The van der Waals surface area contributed by atoms with Gasteiger partial charge < -0.3 is 14.7 Å². The molecule has 2 aromatic carbocycles. The van der Waals surface area contributed by atoms with Crippen LogP contribution in [-0.2, 0) is 15.8 Å². The lowest BCUT2D eigenvalue weighted by Gasteiger charge is -2.34. The Balaban J connectivity index is 1.49. The highest BCUT2D eigenvalue weighted by atomic mass is 19.4. The molecule has 2 aromatic rings. The van der Waals surface area contributed by atoms with Crippen molar-refractivity contribution in [3.63, 3.8) is 0 Å². The number of para-hydroxylation sites is 1. The van der Waals surface area contributed by atoms with Crippen molar-refractivity contribution in [1.82, 2.24) is 10.9 Å². The number of carbonyl (C=O) groups is 3. The summed E-state index contributed by atoms with van der Waals surface area (Å²) in [5.41, 5.74) is 4.73. The molecule has 1 saturated heterocycles. The van der Waals surface area contributed by atoms with Gasteiger partial charge in [0.1, 0.15) is 11.9 Å². The Morgan fingerprint density at radius 3 is 2.24 bits per heavy atom. The molecule has 1 aliphatic rings. The van der Waals surface area contributed by atoms with Gasteiger partial charge in [-0.2, -0.15) is 13.2 Å². The molecule has 0 atom stereocenters. The van der Waals surface area contributed by atoms with Gasteiger partial charge in [-0.15, -0.1) is 0 Å². The molecular formula is C23H24F3N3O5. The quantitative estimate of drug-likeness (QED) is 0.526. The third-order valence-corrected chi connectivity index (χ3v) is 5.30. The summed E-state index contributed by atoms with van der Waals surface area (Å²) in [5.74, 6) is -2.45. The zero-order chi connectivity index (χ0) is 24.7. The number of nitrogens with zero attached hydrogens (tertiary/aromatic N) is 1. The molecule has 1 heterocycles. The van der Waals surface area contributed by atoms with Gasteiger partial charge in [-0.1, -0.05) is 12.1 Å². The average molecular weight is 479 g/mol. The standard InChI is InChI=1S/C23H24F3N3O5/c24-23(25,26)18-3-1-2-4-19(18)34-17-11-13-29(14-12-17)16-7-5-15(6-8-16)22(33)28-27-20(30)9-10-21(31)32/h1-8,17H,9-14H2,(H,27,30)(H,28,33)(H,31,32). The number of rotatable bonds is 7. The topological polar surface area (TPSA) is 108 Å². The highest BCUT2D eigenvalue weighted by Crippen LogP contribution is 2.37. The number of hydrogen-bond acceptors (Lipinski definition) is 5. The fourth-order valence-electron chi connectivity index (χ4n) is 3.52. The fraction of sp³-hybridized carbons (Fsp3) is 0.348. The third-order valence-electron chi connectivity index (χ3n) is 5.30. The number of carbonyl (C=O) groups excluding carboxylic acids is 2. The lowest BCUT2D eigenvalue weighted by molar-refractivity contribution is -0.139. The number of ether oxygens (including phenoxy) is 1. The van der Waals surface area contributed by atoms with Crippen LogP contribution < -0.4 is 20.5 Å². The van der Waals surface area contributed by atoms with Crippen LogP contribution in [0.3, 0.4) is 0 Å². The summed E-state index contributed by atoms with van der Waals surface area (Å²) in [4.78, 5) is 36.1. The van der Waals surface area contributed by atoms with Crippen LogP contribution in [0.15, 0.2) is 48.5 Å². The van der Waals surface area contributed by atoms with Crippen LogP contribution in [0.4, 0.5) is 18.9 Å². The molecule has 8 nitrogen and oxygen atoms in total. The first-order valence-electron chi connectivity index (χ1n) is 10.6. The number of carboxylic acids is 1. The van der Waals surface area contributed by atoms with Crippen LogP contribution in [-0.4, -0.2) is 42.1 Å². The molecular weight excluding hydrogens is 455 g/mol.